The first-order valence-electron chi connectivity index (χ1n) is 12.8. The van der Waals surface area contributed by atoms with Crippen LogP contribution in [0.5, 0.6) is 0 Å². The van der Waals surface area contributed by atoms with Gasteiger partial charge in [-0.25, -0.2) is 14.4 Å². The Bertz CT molecular complexity index is 1600. The van der Waals surface area contributed by atoms with Crippen LogP contribution < -0.4 is 5.32 Å². The van der Waals surface area contributed by atoms with Gasteiger partial charge >= 0.3 is 0 Å². The molecule has 3 N–H and O–H groups in total. The van der Waals surface area contributed by atoms with Crippen molar-refractivity contribution < 1.29 is 4.39 Å². The Balaban J connectivity index is 1.16. The molecule has 7 rings (SSSR count). The summed E-state index contributed by atoms with van der Waals surface area (Å²) >= 11 is 0. The number of aromatic nitrogens is 4. The standard InChI is InChI=1S/C29H29FN6/c1-3-16(2)31-14-27-32-13-25(33-27)22-8-5-18(11-23(22)30)17-4-7-21-19(10-17)6-9-24-28(21)35-29(34-24)26-12-20-15-36(20)26/h4-11,13,16,20,26,31H,3,12,14-15H2,1-2H3,(H,32,33)(H,34,35)/t16?,20?,26-,36?/m0/s1. The van der Waals surface area contributed by atoms with Crippen LogP contribution in [0.25, 0.3) is 44.2 Å². The molecule has 0 aliphatic carbocycles. The number of fused-ring (bicyclic) bond motifs is 4. The molecule has 5 aromatic rings. The lowest BCUT2D eigenvalue weighted by molar-refractivity contribution is 0.245. The van der Waals surface area contributed by atoms with Gasteiger partial charge in [-0.3, -0.25) is 4.90 Å². The number of imidazole rings is 2. The second kappa shape index (κ2) is 8.25. The maximum atomic E-state index is 15.2. The summed E-state index contributed by atoms with van der Waals surface area (Å²) in [5, 5.41) is 5.63. The molecule has 3 aromatic carbocycles. The number of aromatic amines is 2. The van der Waals surface area contributed by atoms with Crippen LogP contribution in [-0.2, 0) is 6.54 Å². The minimum absolute atomic E-state index is 0.265. The van der Waals surface area contributed by atoms with E-state index in [4.69, 9.17) is 4.98 Å². The Morgan fingerprint density at radius 1 is 1.11 bits per heavy atom. The van der Waals surface area contributed by atoms with E-state index in [9.17, 15) is 0 Å². The monoisotopic (exact) mass is 480 g/mol. The van der Waals surface area contributed by atoms with Gasteiger partial charge in [0.2, 0.25) is 0 Å². The quantitative estimate of drug-likeness (QED) is 0.253. The van der Waals surface area contributed by atoms with Crippen molar-refractivity contribution in [2.45, 2.75) is 51.4 Å². The lowest BCUT2D eigenvalue weighted by Gasteiger charge is -2.24. The van der Waals surface area contributed by atoms with Crippen molar-refractivity contribution in [3.05, 3.63) is 72.2 Å². The minimum Gasteiger partial charge on any atom is -0.341 e. The Morgan fingerprint density at radius 3 is 2.75 bits per heavy atom. The first kappa shape index (κ1) is 21.7. The summed E-state index contributed by atoms with van der Waals surface area (Å²) in [7, 11) is 0. The van der Waals surface area contributed by atoms with Crippen molar-refractivity contribution in [2.75, 3.05) is 6.54 Å². The minimum atomic E-state index is -0.265. The van der Waals surface area contributed by atoms with Crippen LogP contribution in [0.3, 0.4) is 0 Å². The maximum Gasteiger partial charge on any atom is 0.133 e. The van der Waals surface area contributed by atoms with Crippen LogP contribution in [0.1, 0.15) is 44.4 Å². The van der Waals surface area contributed by atoms with Gasteiger partial charge in [-0.15, -0.1) is 0 Å². The summed E-state index contributed by atoms with van der Waals surface area (Å²) in [6.07, 6.45) is 3.96. The lowest BCUT2D eigenvalue weighted by atomic mass is 9.99. The summed E-state index contributed by atoms with van der Waals surface area (Å²) < 4.78 is 15.2. The fourth-order valence-corrected chi connectivity index (χ4v) is 5.39. The number of H-pyrrole nitrogens is 2. The molecule has 6 nitrogen and oxygen atoms in total. The highest BCUT2D eigenvalue weighted by atomic mass is 19.1. The van der Waals surface area contributed by atoms with Gasteiger partial charge in [-0.2, -0.15) is 0 Å². The fraction of sp³-hybridized carbons (Fsp3) is 0.310. The van der Waals surface area contributed by atoms with E-state index < -0.39 is 0 Å². The van der Waals surface area contributed by atoms with E-state index in [2.05, 4.69) is 69.3 Å². The molecule has 0 spiro atoms. The van der Waals surface area contributed by atoms with Gasteiger partial charge in [-0.05, 0) is 60.5 Å². The fourth-order valence-electron chi connectivity index (χ4n) is 5.39. The number of hydrogen-bond donors (Lipinski definition) is 3. The third-order valence-electron chi connectivity index (χ3n) is 7.91. The Labute approximate surface area is 209 Å². The summed E-state index contributed by atoms with van der Waals surface area (Å²) in [5.74, 6) is 1.62. The smallest absolute Gasteiger partial charge is 0.133 e. The lowest BCUT2D eigenvalue weighted by Crippen LogP contribution is -2.25. The van der Waals surface area contributed by atoms with E-state index in [0.29, 0.717) is 29.9 Å². The molecule has 4 atom stereocenters. The van der Waals surface area contributed by atoms with E-state index in [0.717, 1.165) is 57.0 Å². The number of nitrogens with one attached hydrogen (secondary N) is 3. The van der Waals surface area contributed by atoms with Crippen molar-refractivity contribution in [3.8, 4) is 22.4 Å². The van der Waals surface area contributed by atoms with E-state index in [1.54, 1.807) is 12.3 Å². The van der Waals surface area contributed by atoms with E-state index in [-0.39, 0.29) is 5.82 Å². The molecule has 182 valence electrons. The Hall–Kier alpha value is -3.55. The van der Waals surface area contributed by atoms with Crippen molar-refractivity contribution in [1.29, 1.82) is 0 Å². The van der Waals surface area contributed by atoms with Gasteiger partial charge < -0.3 is 15.3 Å². The van der Waals surface area contributed by atoms with Crippen LogP contribution in [0, 0.1) is 5.82 Å². The molecule has 7 heteroatoms. The van der Waals surface area contributed by atoms with Crippen molar-refractivity contribution in [3.63, 3.8) is 0 Å². The average molecular weight is 481 g/mol. The van der Waals surface area contributed by atoms with Crippen molar-refractivity contribution in [1.82, 2.24) is 30.2 Å². The van der Waals surface area contributed by atoms with Gasteiger partial charge in [-0.1, -0.05) is 31.2 Å². The molecule has 3 unspecified atom stereocenters. The number of nitrogens with zero attached hydrogens (tertiary/aromatic N) is 3. The van der Waals surface area contributed by atoms with Crippen LogP contribution >= 0.6 is 0 Å². The van der Waals surface area contributed by atoms with E-state index in [1.165, 1.54) is 13.0 Å². The molecular formula is C29H29FN6. The van der Waals surface area contributed by atoms with Gasteiger partial charge in [0, 0.05) is 29.6 Å². The summed E-state index contributed by atoms with van der Waals surface area (Å²) in [6, 6.07) is 17.6. The average Bonchev–Trinajstić information content (AvgIpc) is 3.22. The van der Waals surface area contributed by atoms with Crippen molar-refractivity contribution in [2.24, 2.45) is 0 Å². The number of hydrogen-bond acceptors (Lipinski definition) is 4. The molecule has 2 aliphatic rings. The summed E-state index contributed by atoms with van der Waals surface area (Å²) in [4.78, 5) is 18.6. The largest absolute Gasteiger partial charge is 0.341 e. The number of rotatable bonds is 7. The molecule has 2 saturated heterocycles. The van der Waals surface area contributed by atoms with Gasteiger partial charge in [0.25, 0.3) is 0 Å². The van der Waals surface area contributed by atoms with Gasteiger partial charge in [0.1, 0.15) is 17.5 Å². The predicted molar refractivity (Wildman–Crippen MR) is 141 cm³/mol. The third kappa shape index (κ3) is 3.62. The first-order chi connectivity index (χ1) is 17.6. The topological polar surface area (TPSA) is 72.4 Å². The predicted octanol–water partition coefficient (Wildman–Crippen LogP) is 5.93. The Morgan fingerprint density at radius 2 is 1.97 bits per heavy atom. The molecular weight excluding hydrogens is 451 g/mol. The molecule has 4 heterocycles. The highest BCUT2D eigenvalue weighted by Crippen LogP contribution is 2.48. The van der Waals surface area contributed by atoms with E-state index >= 15 is 4.39 Å². The molecule has 0 radical (unpaired) electrons. The zero-order chi connectivity index (χ0) is 24.4. The maximum absolute atomic E-state index is 15.2. The highest BCUT2D eigenvalue weighted by molar-refractivity contribution is 6.05. The third-order valence-corrected chi connectivity index (χ3v) is 7.91. The zero-order valence-electron chi connectivity index (χ0n) is 20.5. The van der Waals surface area contributed by atoms with Crippen LogP contribution in [-0.4, -0.2) is 43.5 Å². The summed E-state index contributed by atoms with van der Waals surface area (Å²) in [6.45, 7) is 6.12. The second-order valence-electron chi connectivity index (χ2n) is 10.3. The second-order valence-corrected chi connectivity index (χ2v) is 10.3. The molecule has 2 fully saturated rings. The zero-order valence-corrected chi connectivity index (χ0v) is 20.5. The van der Waals surface area contributed by atoms with Gasteiger partial charge in [0.15, 0.2) is 0 Å². The molecule has 0 bridgehead atoms. The van der Waals surface area contributed by atoms with Gasteiger partial charge in [0.05, 0.1) is 35.5 Å². The van der Waals surface area contributed by atoms with Crippen LogP contribution in [0.2, 0.25) is 0 Å². The number of halogens is 1. The Kier molecular flexibility index (Phi) is 4.98. The van der Waals surface area contributed by atoms with E-state index in [1.807, 2.05) is 12.1 Å². The molecule has 0 saturated carbocycles. The normalized spacial score (nSPS) is 21.5. The molecule has 36 heavy (non-hydrogen) atoms. The van der Waals surface area contributed by atoms with Crippen LogP contribution in [0.15, 0.2) is 54.7 Å². The summed E-state index contributed by atoms with van der Waals surface area (Å²) in [5.41, 5.74) is 5.13. The van der Waals surface area contributed by atoms with Crippen molar-refractivity contribution >= 4 is 21.8 Å². The molecule has 0 amide bonds. The molecule has 2 aliphatic heterocycles. The molecule has 2 aromatic heterocycles. The van der Waals surface area contributed by atoms with Crippen LogP contribution in [0.4, 0.5) is 4.39 Å². The highest BCUT2D eigenvalue weighted by Gasteiger charge is 2.52. The SMILES string of the molecule is CCC(C)NCc1ncc(-c2ccc(-c3ccc4c(ccc5[nH]c([C@@H]6CC7CN76)nc54)c3)cc2F)[nH]1. The first-order valence-corrected chi connectivity index (χ1v) is 12.8. The number of benzene rings is 3.